The van der Waals surface area contributed by atoms with E-state index in [1.165, 1.54) is 12.8 Å². The molecule has 1 saturated carbocycles. The molecule has 3 N–H and O–H groups in total. The quantitative estimate of drug-likeness (QED) is 0.643. The van der Waals surface area contributed by atoms with Crippen molar-refractivity contribution in [3.05, 3.63) is 0 Å². The number of hydrogen-bond donors (Lipinski definition) is 3. The van der Waals surface area contributed by atoms with Crippen LogP contribution in [0.15, 0.2) is 0 Å². The van der Waals surface area contributed by atoms with Gasteiger partial charge in [0.1, 0.15) is 0 Å². The summed E-state index contributed by atoms with van der Waals surface area (Å²) in [4.78, 5) is 11.7. The van der Waals surface area contributed by atoms with E-state index in [4.69, 9.17) is 5.73 Å². The Kier molecular flexibility index (Phi) is 5.62. The monoisotopic (exact) mass is 244 g/mol. The highest BCUT2D eigenvalue weighted by Crippen LogP contribution is 2.28. The molecule has 3 nitrogen and oxygen atoms in total. The van der Waals surface area contributed by atoms with Gasteiger partial charge in [0.05, 0.1) is 6.04 Å². The van der Waals surface area contributed by atoms with Crippen molar-refractivity contribution < 1.29 is 4.79 Å². The summed E-state index contributed by atoms with van der Waals surface area (Å²) in [5.74, 6) is 0.841. The zero-order valence-corrected chi connectivity index (χ0v) is 11.2. The smallest absolute Gasteiger partial charge is 0.237 e. The Hall–Kier alpha value is -0.220. The molecular formula is C12H24N2OS. The van der Waals surface area contributed by atoms with Crippen LogP contribution in [0.3, 0.4) is 0 Å². The van der Waals surface area contributed by atoms with E-state index in [2.05, 4.69) is 24.9 Å². The lowest BCUT2D eigenvalue weighted by Gasteiger charge is -2.19. The molecule has 0 radical (unpaired) electrons. The van der Waals surface area contributed by atoms with Crippen LogP contribution in [0.5, 0.6) is 0 Å². The Labute approximate surface area is 104 Å². The lowest BCUT2D eigenvalue weighted by atomic mass is 9.99. The summed E-state index contributed by atoms with van der Waals surface area (Å²) < 4.78 is 0. The minimum atomic E-state index is -0.363. The molecule has 1 aliphatic rings. The van der Waals surface area contributed by atoms with Crippen LogP contribution in [0.1, 0.15) is 39.5 Å². The molecule has 4 atom stereocenters. The normalized spacial score (nSPS) is 28.8. The zero-order chi connectivity index (χ0) is 12.1. The van der Waals surface area contributed by atoms with E-state index in [0.717, 1.165) is 19.4 Å². The second-order valence-electron chi connectivity index (χ2n) is 4.99. The first-order valence-electron chi connectivity index (χ1n) is 6.26. The Balaban J connectivity index is 2.24. The predicted molar refractivity (Wildman–Crippen MR) is 70.6 cm³/mol. The second kappa shape index (κ2) is 6.50. The van der Waals surface area contributed by atoms with Gasteiger partial charge in [0, 0.05) is 11.8 Å². The van der Waals surface area contributed by atoms with E-state index < -0.39 is 0 Å². The predicted octanol–water partition coefficient (Wildman–Crippen LogP) is 1.57. The van der Waals surface area contributed by atoms with E-state index in [0.29, 0.717) is 11.2 Å². The van der Waals surface area contributed by atoms with Crippen molar-refractivity contribution in [2.75, 3.05) is 6.54 Å². The fraction of sp³-hybridized carbons (Fsp3) is 0.917. The highest BCUT2D eigenvalue weighted by Gasteiger charge is 2.24. The van der Waals surface area contributed by atoms with Gasteiger partial charge < -0.3 is 11.1 Å². The van der Waals surface area contributed by atoms with Crippen LogP contribution in [0.25, 0.3) is 0 Å². The van der Waals surface area contributed by atoms with Crippen molar-refractivity contribution in [2.24, 2.45) is 17.6 Å². The summed E-state index contributed by atoms with van der Waals surface area (Å²) in [6, 6.07) is -0.363. The van der Waals surface area contributed by atoms with Gasteiger partial charge in [-0.15, -0.1) is 0 Å². The number of rotatable bonds is 5. The van der Waals surface area contributed by atoms with E-state index in [-0.39, 0.29) is 17.9 Å². The molecule has 1 rings (SSSR count). The number of carbonyl (C=O) groups excluding carboxylic acids is 1. The first-order valence-corrected chi connectivity index (χ1v) is 6.77. The topological polar surface area (TPSA) is 55.1 Å². The third-order valence-electron chi connectivity index (χ3n) is 3.64. The fourth-order valence-corrected chi connectivity index (χ4v) is 2.56. The molecule has 1 fully saturated rings. The van der Waals surface area contributed by atoms with Gasteiger partial charge in [0.2, 0.25) is 5.91 Å². The van der Waals surface area contributed by atoms with E-state index >= 15 is 0 Å². The highest BCUT2D eigenvalue weighted by molar-refractivity contribution is 7.80. The van der Waals surface area contributed by atoms with Gasteiger partial charge in [-0.25, -0.2) is 0 Å². The van der Waals surface area contributed by atoms with Gasteiger partial charge >= 0.3 is 0 Å². The molecule has 0 aromatic carbocycles. The number of thiol groups is 1. The van der Waals surface area contributed by atoms with Crippen molar-refractivity contribution in [1.82, 2.24) is 5.32 Å². The molecule has 0 saturated heterocycles. The first kappa shape index (κ1) is 13.8. The number of carbonyl (C=O) groups is 1. The lowest BCUT2D eigenvalue weighted by Crippen LogP contribution is -2.45. The van der Waals surface area contributed by atoms with E-state index in [9.17, 15) is 4.79 Å². The standard InChI is InChI=1S/C12H24N2OS/c1-3-8(2)11(13)12(15)14-7-9-4-5-10(16)6-9/h8-11,16H,3-7,13H2,1-2H3,(H,14,15)/t8-,9?,10?,11-/m0/s1. The Morgan fingerprint density at radius 2 is 2.25 bits per heavy atom. The summed E-state index contributed by atoms with van der Waals surface area (Å²) in [5.41, 5.74) is 5.86. The van der Waals surface area contributed by atoms with E-state index in [1.54, 1.807) is 0 Å². The Morgan fingerprint density at radius 3 is 2.75 bits per heavy atom. The fourth-order valence-electron chi connectivity index (χ4n) is 2.11. The number of nitrogens with two attached hydrogens (primary N) is 1. The molecule has 0 bridgehead atoms. The van der Waals surface area contributed by atoms with Crippen LogP contribution in [0.2, 0.25) is 0 Å². The average Bonchev–Trinajstić information content (AvgIpc) is 2.69. The van der Waals surface area contributed by atoms with E-state index in [1.807, 2.05) is 6.92 Å². The van der Waals surface area contributed by atoms with Crippen LogP contribution in [-0.4, -0.2) is 23.7 Å². The van der Waals surface area contributed by atoms with Gasteiger partial charge in [-0.3, -0.25) is 4.79 Å². The summed E-state index contributed by atoms with van der Waals surface area (Å²) in [7, 11) is 0. The zero-order valence-electron chi connectivity index (χ0n) is 10.3. The maximum atomic E-state index is 11.7. The molecule has 0 aromatic heterocycles. The first-order chi connectivity index (χ1) is 7.54. The van der Waals surface area contributed by atoms with Gasteiger partial charge in [-0.05, 0) is 31.1 Å². The average molecular weight is 244 g/mol. The number of hydrogen-bond acceptors (Lipinski definition) is 3. The summed E-state index contributed by atoms with van der Waals surface area (Å²) in [6.07, 6.45) is 4.40. The maximum Gasteiger partial charge on any atom is 0.237 e. The van der Waals surface area contributed by atoms with Crippen molar-refractivity contribution in [2.45, 2.75) is 50.8 Å². The van der Waals surface area contributed by atoms with Gasteiger partial charge in [-0.1, -0.05) is 20.3 Å². The summed E-state index contributed by atoms with van der Waals surface area (Å²) >= 11 is 4.45. The molecule has 2 unspecified atom stereocenters. The molecule has 0 aliphatic heterocycles. The molecule has 94 valence electrons. The van der Waals surface area contributed by atoms with Crippen molar-refractivity contribution >= 4 is 18.5 Å². The molecule has 0 aromatic rings. The van der Waals surface area contributed by atoms with Crippen LogP contribution in [0.4, 0.5) is 0 Å². The minimum absolute atomic E-state index is 0.00281. The van der Waals surface area contributed by atoms with Crippen LogP contribution in [-0.2, 0) is 4.79 Å². The van der Waals surface area contributed by atoms with Crippen LogP contribution < -0.4 is 11.1 Å². The molecule has 1 aliphatic carbocycles. The molecule has 0 heterocycles. The largest absolute Gasteiger partial charge is 0.354 e. The van der Waals surface area contributed by atoms with Crippen molar-refractivity contribution in [3.63, 3.8) is 0 Å². The van der Waals surface area contributed by atoms with Gasteiger partial charge in [0.25, 0.3) is 0 Å². The SMILES string of the molecule is CC[C@H](C)[C@H](N)C(=O)NCC1CCC(S)C1. The molecule has 4 heteroatoms. The molecule has 16 heavy (non-hydrogen) atoms. The van der Waals surface area contributed by atoms with Crippen molar-refractivity contribution in [1.29, 1.82) is 0 Å². The summed E-state index contributed by atoms with van der Waals surface area (Å²) in [6.45, 7) is 4.84. The third kappa shape index (κ3) is 3.98. The minimum Gasteiger partial charge on any atom is -0.354 e. The molecule has 0 spiro atoms. The molecule has 1 amide bonds. The lowest BCUT2D eigenvalue weighted by molar-refractivity contribution is -0.123. The maximum absolute atomic E-state index is 11.7. The molecular weight excluding hydrogens is 220 g/mol. The van der Waals surface area contributed by atoms with Crippen LogP contribution >= 0.6 is 12.6 Å². The van der Waals surface area contributed by atoms with Crippen molar-refractivity contribution in [3.8, 4) is 0 Å². The third-order valence-corrected chi connectivity index (χ3v) is 4.11. The highest BCUT2D eigenvalue weighted by atomic mass is 32.1. The summed E-state index contributed by atoms with van der Waals surface area (Å²) in [5, 5.41) is 3.48. The number of nitrogens with one attached hydrogen (secondary N) is 1. The Morgan fingerprint density at radius 1 is 1.56 bits per heavy atom. The number of amides is 1. The van der Waals surface area contributed by atoms with Crippen LogP contribution in [0, 0.1) is 11.8 Å². The second-order valence-corrected chi connectivity index (χ2v) is 5.72. The van der Waals surface area contributed by atoms with Gasteiger partial charge in [0.15, 0.2) is 0 Å². The van der Waals surface area contributed by atoms with Gasteiger partial charge in [-0.2, -0.15) is 12.6 Å². The Bertz CT molecular complexity index is 235.